The highest BCUT2D eigenvalue weighted by atomic mass is 14.3. The second-order valence-corrected chi connectivity index (χ2v) is 3.03. The molecular formula is C9H12. The molecule has 0 heteroatoms. The van der Waals surface area contributed by atoms with Crippen LogP contribution in [-0.2, 0) is 0 Å². The SMILES string of the molecule is C1=C[C@@H]2CCC[C@H]2C=C1. The highest BCUT2D eigenvalue weighted by Crippen LogP contribution is 2.35. The molecule has 1 saturated carbocycles. The smallest absolute Gasteiger partial charge is 0.0167 e. The zero-order valence-electron chi connectivity index (χ0n) is 5.59. The van der Waals surface area contributed by atoms with Crippen LogP contribution in [0.4, 0.5) is 0 Å². The molecule has 0 amide bonds. The molecule has 0 aromatic carbocycles. The molecule has 0 unspecified atom stereocenters. The van der Waals surface area contributed by atoms with Gasteiger partial charge in [0.2, 0.25) is 0 Å². The van der Waals surface area contributed by atoms with Crippen molar-refractivity contribution in [3.63, 3.8) is 0 Å². The van der Waals surface area contributed by atoms with E-state index in [1.54, 1.807) is 0 Å². The van der Waals surface area contributed by atoms with Gasteiger partial charge in [-0.15, -0.1) is 0 Å². The first kappa shape index (κ1) is 5.28. The van der Waals surface area contributed by atoms with Crippen LogP contribution in [-0.4, -0.2) is 0 Å². The maximum Gasteiger partial charge on any atom is -0.0167 e. The second kappa shape index (κ2) is 2.02. The quantitative estimate of drug-likeness (QED) is 0.461. The Labute approximate surface area is 56.3 Å². The van der Waals surface area contributed by atoms with Crippen molar-refractivity contribution in [2.24, 2.45) is 11.8 Å². The Morgan fingerprint density at radius 1 is 0.889 bits per heavy atom. The van der Waals surface area contributed by atoms with Gasteiger partial charge < -0.3 is 0 Å². The van der Waals surface area contributed by atoms with Crippen molar-refractivity contribution in [1.29, 1.82) is 0 Å². The minimum atomic E-state index is 0.898. The van der Waals surface area contributed by atoms with Crippen molar-refractivity contribution in [2.45, 2.75) is 19.3 Å². The molecule has 1 fully saturated rings. The average Bonchev–Trinajstić information content (AvgIpc) is 2.33. The van der Waals surface area contributed by atoms with E-state index in [0.717, 1.165) is 11.8 Å². The first-order valence-electron chi connectivity index (χ1n) is 3.82. The first-order valence-corrected chi connectivity index (χ1v) is 3.82. The fourth-order valence-electron chi connectivity index (χ4n) is 1.91. The predicted octanol–water partition coefficient (Wildman–Crippen LogP) is 2.53. The molecule has 0 aromatic heterocycles. The Balaban J connectivity index is 2.18. The lowest BCUT2D eigenvalue weighted by Crippen LogP contribution is -2.03. The minimum Gasteiger partial charge on any atom is -0.0808 e. The standard InChI is InChI=1S/C9H12/c1-2-5-9-7-3-6-8(9)4-1/h1-2,4-5,8-9H,3,6-7H2/t8-,9-/m1/s1. The van der Waals surface area contributed by atoms with Gasteiger partial charge >= 0.3 is 0 Å². The summed E-state index contributed by atoms with van der Waals surface area (Å²) in [7, 11) is 0. The van der Waals surface area contributed by atoms with E-state index < -0.39 is 0 Å². The molecule has 48 valence electrons. The third-order valence-electron chi connectivity index (χ3n) is 2.45. The summed E-state index contributed by atoms with van der Waals surface area (Å²) in [5.41, 5.74) is 0. The topological polar surface area (TPSA) is 0 Å². The van der Waals surface area contributed by atoms with Crippen LogP contribution in [0.5, 0.6) is 0 Å². The highest BCUT2D eigenvalue weighted by molar-refractivity contribution is 5.15. The summed E-state index contributed by atoms with van der Waals surface area (Å²) in [6, 6.07) is 0. The summed E-state index contributed by atoms with van der Waals surface area (Å²) >= 11 is 0. The van der Waals surface area contributed by atoms with Crippen molar-refractivity contribution < 1.29 is 0 Å². The minimum absolute atomic E-state index is 0.898. The number of fused-ring (bicyclic) bond motifs is 1. The van der Waals surface area contributed by atoms with E-state index in [4.69, 9.17) is 0 Å². The summed E-state index contributed by atoms with van der Waals surface area (Å²) in [5, 5.41) is 0. The molecular weight excluding hydrogens is 108 g/mol. The number of hydrogen-bond donors (Lipinski definition) is 0. The normalized spacial score (nSPS) is 39.1. The van der Waals surface area contributed by atoms with Gasteiger partial charge in [-0.3, -0.25) is 0 Å². The molecule has 2 atom stereocenters. The third-order valence-corrected chi connectivity index (χ3v) is 2.45. The summed E-state index contributed by atoms with van der Waals surface area (Å²) in [6.45, 7) is 0. The van der Waals surface area contributed by atoms with Gasteiger partial charge in [-0.25, -0.2) is 0 Å². The molecule has 2 rings (SSSR count). The monoisotopic (exact) mass is 120 g/mol. The van der Waals surface area contributed by atoms with Crippen molar-refractivity contribution in [3.8, 4) is 0 Å². The summed E-state index contributed by atoms with van der Waals surface area (Å²) in [6.07, 6.45) is 13.4. The van der Waals surface area contributed by atoms with E-state index in [2.05, 4.69) is 24.3 Å². The number of hydrogen-bond acceptors (Lipinski definition) is 0. The Hall–Kier alpha value is -0.520. The van der Waals surface area contributed by atoms with Gasteiger partial charge in [0, 0.05) is 0 Å². The van der Waals surface area contributed by atoms with Gasteiger partial charge in [-0.2, -0.15) is 0 Å². The molecule has 0 radical (unpaired) electrons. The van der Waals surface area contributed by atoms with Crippen molar-refractivity contribution in [3.05, 3.63) is 24.3 Å². The van der Waals surface area contributed by atoms with Crippen LogP contribution in [0.1, 0.15) is 19.3 Å². The van der Waals surface area contributed by atoms with Gasteiger partial charge in [0.1, 0.15) is 0 Å². The molecule has 9 heavy (non-hydrogen) atoms. The molecule has 0 bridgehead atoms. The zero-order valence-corrected chi connectivity index (χ0v) is 5.59. The van der Waals surface area contributed by atoms with E-state index in [9.17, 15) is 0 Å². The summed E-state index contributed by atoms with van der Waals surface area (Å²) in [5.74, 6) is 1.80. The molecule has 0 N–H and O–H groups in total. The Morgan fingerprint density at radius 2 is 1.44 bits per heavy atom. The summed E-state index contributed by atoms with van der Waals surface area (Å²) < 4.78 is 0. The molecule has 0 heterocycles. The number of rotatable bonds is 0. The predicted molar refractivity (Wildman–Crippen MR) is 39.1 cm³/mol. The molecule has 2 aliphatic carbocycles. The van der Waals surface area contributed by atoms with Gasteiger partial charge in [0.15, 0.2) is 0 Å². The van der Waals surface area contributed by atoms with E-state index in [1.165, 1.54) is 19.3 Å². The van der Waals surface area contributed by atoms with Crippen LogP contribution in [0.15, 0.2) is 24.3 Å². The summed E-state index contributed by atoms with van der Waals surface area (Å²) in [4.78, 5) is 0. The lowest BCUT2D eigenvalue weighted by atomic mass is 9.92. The van der Waals surface area contributed by atoms with Crippen LogP contribution in [0, 0.1) is 11.8 Å². The maximum atomic E-state index is 2.36. The lowest BCUT2D eigenvalue weighted by Gasteiger charge is -2.13. The molecule has 0 saturated heterocycles. The molecule has 0 aromatic rings. The Kier molecular flexibility index (Phi) is 1.18. The fourth-order valence-corrected chi connectivity index (χ4v) is 1.91. The van der Waals surface area contributed by atoms with Crippen molar-refractivity contribution in [2.75, 3.05) is 0 Å². The lowest BCUT2D eigenvalue weighted by molar-refractivity contribution is 0.552. The highest BCUT2D eigenvalue weighted by Gasteiger charge is 2.23. The van der Waals surface area contributed by atoms with Crippen LogP contribution in [0.3, 0.4) is 0 Å². The largest absolute Gasteiger partial charge is 0.0808 e. The fraction of sp³-hybridized carbons (Fsp3) is 0.556. The third kappa shape index (κ3) is 0.827. The molecule has 2 aliphatic rings. The van der Waals surface area contributed by atoms with Gasteiger partial charge in [-0.1, -0.05) is 30.7 Å². The van der Waals surface area contributed by atoms with Crippen LogP contribution >= 0.6 is 0 Å². The maximum absolute atomic E-state index is 2.36. The molecule has 0 nitrogen and oxygen atoms in total. The van der Waals surface area contributed by atoms with E-state index >= 15 is 0 Å². The zero-order chi connectivity index (χ0) is 6.10. The number of allylic oxidation sites excluding steroid dienone is 4. The first-order chi connectivity index (χ1) is 4.47. The Morgan fingerprint density at radius 3 is 2.00 bits per heavy atom. The van der Waals surface area contributed by atoms with Gasteiger partial charge in [0.05, 0.1) is 0 Å². The van der Waals surface area contributed by atoms with E-state index in [-0.39, 0.29) is 0 Å². The van der Waals surface area contributed by atoms with Crippen LogP contribution < -0.4 is 0 Å². The second-order valence-electron chi connectivity index (χ2n) is 3.03. The van der Waals surface area contributed by atoms with E-state index in [1.807, 2.05) is 0 Å². The van der Waals surface area contributed by atoms with Gasteiger partial charge in [0.25, 0.3) is 0 Å². The van der Waals surface area contributed by atoms with Crippen molar-refractivity contribution >= 4 is 0 Å². The molecule has 0 aliphatic heterocycles. The van der Waals surface area contributed by atoms with E-state index in [0.29, 0.717) is 0 Å². The Bertz CT molecular complexity index is 135. The van der Waals surface area contributed by atoms with Crippen LogP contribution in [0.25, 0.3) is 0 Å². The van der Waals surface area contributed by atoms with Gasteiger partial charge in [-0.05, 0) is 24.7 Å². The average molecular weight is 120 g/mol. The van der Waals surface area contributed by atoms with Crippen LogP contribution in [0.2, 0.25) is 0 Å². The van der Waals surface area contributed by atoms with Crippen molar-refractivity contribution in [1.82, 2.24) is 0 Å². The molecule has 0 spiro atoms.